The van der Waals surface area contributed by atoms with E-state index in [0.29, 0.717) is 34.1 Å². The van der Waals surface area contributed by atoms with Crippen LogP contribution in [0.5, 0.6) is 0 Å². The van der Waals surface area contributed by atoms with Gasteiger partial charge in [-0.25, -0.2) is 9.37 Å². The summed E-state index contributed by atoms with van der Waals surface area (Å²) in [5.74, 6) is 0.263. The number of nitrogens with zero attached hydrogens (tertiary/aromatic N) is 7. The molecule has 0 saturated heterocycles. The maximum Gasteiger partial charge on any atom is 0.251 e. The van der Waals surface area contributed by atoms with E-state index in [1.165, 1.54) is 23.1 Å². The number of pyridine rings is 2. The Bertz CT molecular complexity index is 1780. The largest absolute Gasteiger partial charge is 0.340 e. The van der Waals surface area contributed by atoms with Crippen LogP contribution < -0.4 is 5.56 Å². The number of imidazole rings is 1. The fourth-order valence-electron chi connectivity index (χ4n) is 4.47. The molecule has 4 heterocycles. The third-order valence-corrected chi connectivity index (χ3v) is 6.61. The maximum atomic E-state index is 13.6. The van der Waals surface area contributed by atoms with Crippen molar-refractivity contribution in [2.45, 2.75) is 12.5 Å². The predicted molar refractivity (Wildman–Crippen MR) is 144 cm³/mol. The molecule has 1 atom stereocenters. The van der Waals surface area contributed by atoms with Gasteiger partial charge in [0, 0.05) is 47.2 Å². The number of benzene rings is 2. The summed E-state index contributed by atoms with van der Waals surface area (Å²) >= 11 is 6.30. The highest BCUT2D eigenvalue weighted by atomic mass is 35.5. The van der Waals surface area contributed by atoms with Gasteiger partial charge in [0.15, 0.2) is 0 Å². The predicted octanol–water partition coefficient (Wildman–Crippen LogP) is 4.90. The molecule has 6 aromatic rings. The molecule has 0 amide bonds. The molecule has 11 heteroatoms. The topological polar surface area (TPSA) is 107 Å². The zero-order valence-electron chi connectivity index (χ0n) is 20.3. The van der Waals surface area contributed by atoms with Crippen molar-refractivity contribution in [3.8, 4) is 28.1 Å². The zero-order valence-corrected chi connectivity index (χ0v) is 21.1. The lowest BCUT2D eigenvalue weighted by atomic mass is 10.0. The fourth-order valence-corrected chi connectivity index (χ4v) is 4.64. The van der Waals surface area contributed by atoms with Gasteiger partial charge in [0.2, 0.25) is 0 Å². The average molecular weight is 539 g/mol. The highest BCUT2D eigenvalue weighted by Crippen LogP contribution is 2.30. The average Bonchev–Trinajstić information content (AvgIpc) is 3.67. The van der Waals surface area contributed by atoms with Crippen LogP contribution in [0.4, 0.5) is 4.39 Å². The van der Waals surface area contributed by atoms with Gasteiger partial charge < -0.3 is 9.55 Å². The normalized spacial score (nSPS) is 11.9. The molecule has 0 aliphatic carbocycles. The van der Waals surface area contributed by atoms with Crippen LogP contribution in [0.15, 0.2) is 103 Å². The van der Waals surface area contributed by atoms with Gasteiger partial charge in [-0.3, -0.25) is 9.78 Å². The van der Waals surface area contributed by atoms with Crippen molar-refractivity contribution >= 4 is 11.6 Å². The number of halogens is 2. The molecule has 39 heavy (non-hydrogen) atoms. The second-order valence-corrected chi connectivity index (χ2v) is 9.28. The Balaban J connectivity index is 1.42. The molecule has 9 nitrogen and oxygen atoms in total. The fraction of sp³-hybridized carbons (Fsp3) is 0.0714. The molecule has 0 spiro atoms. The molecular formula is C28H20ClFN8O. The lowest BCUT2D eigenvalue weighted by molar-refractivity contribution is 0.536. The highest BCUT2D eigenvalue weighted by molar-refractivity contribution is 6.31. The first-order chi connectivity index (χ1) is 19.0. The number of rotatable bonds is 7. The molecule has 2 aromatic carbocycles. The Morgan fingerprint density at radius 2 is 1.87 bits per heavy atom. The van der Waals surface area contributed by atoms with Crippen molar-refractivity contribution in [1.82, 2.24) is 39.7 Å². The Hall–Kier alpha value is -4.96. The lowest BCUT2D eigenvalue weighted by Gasteiger charge is -2.19. The molecule has 0 saturated carbocycles. The summed E-state index contributed by atoms with van der Waals surface area (Å²) in [6.07, 6.45) is 8.76. The zero-order chi connectivity index (χ0) is 26.8. The van der Waals surface area contributed by atoms with Gasteiger partial charge in [-0.1, -0.05) is 23.7 Å². The number of hydrogen-bond acceptors (Lipinski definition) is 6. The molecule has 192 valence electrons. The summed E-state index contributed by atoms with van der Waals surface area (Å²) in [5.41, 5.74) is 4.28. The van der Waals surface area contributed by atoms with Gasteiger partial charge in [0.25, 0.3) is 5.56 Å². The number of hydrogen-bond donors (Lipinski definition) is 1. The summed E-state index contributed by atoms with van der Waals surface area (Å²) in [6, 6.07) is 18.2. The highest BCUT2D eigenvalue weighted by Gasteiger charge is 2.21. The first-order valence-electron chi connectivity index (χ1n) is 12.0. The van der Waals surface area contributed by atoms with Gasteiger partial charge in [0.1, 0.15) is 18.0 Å². The summed E-state index contributed by atoms with van der Waals surface area (Å²) in [4.78, 5) is 25.7. The Morgan fingerprint density at radius 3 is 2.62 bits per heavy atom. The number of tetrazole rings is 1. The van der Waals surface area contributed by atoms with Crippen molar-refractivity contribution < 1.29 is 4.39 Å². The second kappa shape index (κ2) is 10.4. The SMILES string of the molecule is O=c1cc(-c2cc(Cl)ccc2-n2cnnn2)ccn1C(Cc1ccc(F)cc1)c1ncc(-c2cccnc2)[nH]1. The van der Waals surface area contributed by atoms with E-state index < -0.39 is 6.04 Å². The standard InChI is InChI=1S/C28H20ClFN8O/c29-21-5-8-25(38-17-33-35-36-38)23(14-21)19-9-11-37(27(39)13-19)26(12-18-3-6-22(30)7-4-18)28-32-16-24(34-28)20-2-1-10-31-15-20/h1-11,13-17,26H,12H2,(H,32,34). The van der Waals surface area contributed by atoms with Crippen molar-refractivity contribution in [3.05, 3.63) is 130 Å². The smallest absolute Gasteiger partial charge is 0.251 e. The Kier molecular flexibility index (Phi) is 6.52. The second-order valence-electron chi connectivity index (χ2n) is 8.85. The molecule has 0 aliphatic rings. The molecule has 0 bridgehead atoms. The van der Waals surface area contributed by atoms with Gasteiger partial charge in [0.05, 0.1) is 23.6 Å². The third-order valence-electron chi connectivity index (χ3n) is 6.38. The molecule has 0 radical (unpaired) electrons. The number of aromatic nitrogens is 8. The van der Waals surface area contributed by atoms with Crippen molar-refractivity contribution in [1.29, 1.82) is 0 Å². The summed E-state index contributed by atoms with van der Waals surface area (Å²) in [5, 5.41) is 11.9. The summed E-state index contributed by atoms with van der Waals surface area (Å²) in [7, 11) is 0. The minimum Gasteiger partial charge on any atom is -0.340 e. The van der Waals surface area contributed by atoms with Crippen LogP contribution in [-0.2, 0) is 6.42 Å². The monoisotopic (exact) mass is 538 g/mol. The maximum absolute atomic E-state index is 13.6. The van der Waals surface area contributed by atoms with Crippen LogP contribution in [0, 0.1) is 5.82 Å². The molecular weight excluding hydrogens is 519 g/mol. The van der Waals surface area contributed by atoms with Crippen molar-refractivity contribution in [2.75, 3.05) is 0 Å². The third kappa shape index (κ3) is 5.10. The summed E-state index contributed by atoms with van der Waals surface area (Å²) in [6.45, 7) is 0. The van der Waals surface area contributed by atoms with E-state index in [1.807, 2.05) is 18.2 Å². The van der Waals surface area contributed by atoms with Gasteiger partial charge in [-0.15, -0.1) is 5.10 Å². The van der Waals surface area contributed by atoms with Crippen molar-refractivity contribution in [2.24, 2.45) is 0 Å². The van der Waals surface area contributed by atoms with Crippen molar-refractivity contribution in [3.63, 3.8) is 0 Å². The molecule has 6 rings (SSSR count). The molecule has 4 aromatic heterocycles. The number of aromatic amines is 1. The van der Waals surface area contributed by atoms with Crippen LogP contribution in [0.1, 0.15) is 17.4 Å². The van der Waals surface area contributed by atoms with Gasteiger partial charge in [-0.2, -0.15) is 4.68 Å². The molecule has 1 N–H and O–H groups in total. The quantitative estimate of drug-likeness (QED) is 0.310. The van der Waals surface area contributed by atoms with E-state index in [4.69, 9.17) is 11.6 Å². The Morgan fingerprint density at radius 1 is 1.00 bits per heavy atom. The number of H-pyrrole nitrogens is 1. The van der Waals surface area contributed by atoms with Crippen LogP contribution in [0.3, 0.4) is 0 Å². The first kappa shape index (κ1) is 24.4. The van der Waals surface area contributed by atoms with Gasteiger partial charge >= 0.3 is 0 Å². The Labute approximate surface area is 226 Å². The van der Waals surface area contributed by atoms with Crippen LogP contribution in [0.25, 0.3) is 28.1 Å². The lowest BCUT2D eigenvalue weighted by Crippen LogP contribution is -2.27. The molecule has 0 fully saturated rings. The van der Waals surface area contributed by atoms with E-state index in [9.17, 15) is 9.18 Å². The van der Waals surface area contributed by atoms with E-state index >= 15 is 0 Å². The minimum absolute atomic E-state index is 0.249. The van der Waals surface area contributed by atoms with E-state index in [0.717, 1.165) is 16.8 Å². The van der Waals surface area contributed by atoms with Crippen LogP contribution in [0.2, 0.25) is 5.02 Å². The van der Waals surface area contributed by atoms with Gasteiger partial charge in [-0.05, 0) is 70.1 Å². The molecule has 0 aliphatic heterocycles. The van der Waals surface area contributed by atoms with E-state index in [2.05, 4.69) is 30.5 Å². The minimum atomic E-state index is -0.485. The first-order valence-corrected chi connectivity index (χ1v) is 12.4. The van der Waals surface area contributed by atoms with E-state index in [-0.39, 0.29) is 11.4 Å². The number of nitrogens with one attached hydrogen (secondary N) is 1. The van der Waals surface area contributed by atoms with Crippen LogP contribution >= 0.6 is 11.6 Å². The summed E-state index contributed by atoms with van der Waals surface area (Å²) < 4.78 is 16.7. The van der Waals surface area contributed by atoms with Crippen LogP contribution in [-0.4, -0.2) is 39.7 Å². The van der Waals surface area contributed by atoms with E-state index in [1.54, 1.807) is 65.8 Å². The molecule has 1 unspecified atom stereocenters.